The van der Waals surface area contributed by atoms with E-state index in [4.69, 9.17) is 10.00 Å². The summed E-state index contributed by atoms with van der Waals surface area (Å²) in [6, 6.07) is 5.51. The summed E-state index contributed by atoms with van der Waals surface area (Å²) < 4.78 is 50.2. The van der Waals surface area contributed by atoms with Crippen molar-refractivity contribution in [1.82, 2.24) is 4.72 Å². The molecule has 0 spiro atoms. The second-order valence-electron chi connectivity index (χ2n) is 7.70. The van der Waals surface area contributed by atoms with Crippen LogP contribution in [0, 0.1) is 21.4 Å². The van der Waals surface area contributed by atoms with Crippen LogP contribution in [0.2, 0.25) is 0 Å². The van der Waals surface area contributed by atoms with Crippen LogP contribution in [0.4, 0.5) is 14.5 Å². The van der Waals surface area contributed by atoms with Gasteiger partial charge in [-0.3, -0.25) is 10.1 Å². The minimum absolute atomic E-state index is 0.0520. The average Bonchev–Trinajstić information content (AvgIpc) is 2.60. The number of fused-ring (bicyclic) bond motifs is 1. The van der Waals surface area contributed by atoms with Crippen molar-refractivity contribution < 1.29 is 22.6 Å². The first-order valence-corrected chi connectivity index (χ1v) is 9.89. The number of nitrogens with zero attached hydrogens (tertiary/aromatic N) is 2. The summed E-state index contributed by atoms with van der Waals surface area (Å²) in [5.74, 6) is -3.56. The molecule has 10 heteroatoms. The molecule has 1 aliphatic carbocycles. The van der Waals surface area contributed by atoms with Gasteiger partial charge in [0, 0.05) is 12.1 Å². The highest BCUT2D eigenvalue weighted by atomic mass is 32.2. The molecule has 1 N–H and O–H groups in total. The Morgan fingerprint density at radius 1 is 1.43 bits per heavy atom. The predicted octanol–water partition coefficient (Wildman–Crippen LogP) is 3.35. The fourth-order valence-electron chi connectivity index (χ4n) is 3.19. The highest BCUT2D eigenvalue weighted by Crippen LogP contribution is 2.47. The molecule has 1 aliphatic rings. The van der Waals surface area contributed by atoms with Crippen molar-refractivity contribution in [3.63, 3.8) is 0 Å². The van der Waals surface area contributed by atoms with E-state index in [1.807, 2.05) is 0 Å². The van der Waals surface area contributed by atoms with Crippen LogP contribution in [0.3, 0.4) is 0 Å². The fourth-order valence-corrected chi connectivity index (χ4v) is 4.18. The molecule has 0 aliphatic heterocycles. The molecule has 0 unspecified atom stereocenters. The van der Waals surface area contributed by atoms with E-state index in [-0.39, 0.29) is 17.7 Å². The SMILES string of the molecule is CC(C)(C)[S@@](=O)N[C@]1(C(F)(F)COCC#N)CCCc2ccc([N+](=O)[O-])cc21. The molecule has 0 heterocycles. The smallest absolute Gasteiger partial charge is 0.293 e. The summed E-state index contributed by atoms with van der Waals surface area (Å²) in [5.41, 5.74) is -1.84. The zero-order valence-electron chi connectivity index (χ0n) is 16.0. The number of rotatable bonds is 7. The Morgan fingerprint density at radius 3 is 2.68 bits per heavy atom. The van der Waals surface area contributed by atoms with Crippen molar-refractivity contribution in [2.75, 3.05) is 13.2 Å². The molecule has 28 heavy (non-hydrogen) atoms. The molecule has 0 radical (unpaired) electrons. The number of nitro benzene ring substituents is 1. The lowest BCUT2D eigenvalue weighted by Gasteiger charge is -2.45. The van der Waals surface area contributed by atoms with Crippen LogP contribution in [-0.2, 0) is 27.7 Å². The lowest BCUT2D eigenvalue weighted by molar-refractivity contribution is -0.385. The van der Waals surface area contributed by atoms with E-state index < -0.39 is 45.3 Å². The van der Waals surface area contributed by atoms with Gasteiger partial charge in [0.15, 0.2) is 0 Å². The summed E-state index contributed by atoms with van der Waals surface area (Å²) in [6.07, 6.45) is 0.785. The number of hydrogen-bond donors (Lipinski definition) is 1. The van der Waals surface area contributed by atoms with Gasteiger partial charge in [-0.05, 0) is 51.2 Å². The Labute approximate surface area is 164 Å². The lowest BCUT2D eigenvalue weighted by atomic mass is 9.73. The van der Waals surface area contributed by atoms with Crippen molar-refractivity contribution in [2.24, 2.45) is 0 Å². The van der Waals surface area contributed by atoms with Gasteiger partial charge in [0.1, 0.15) is 18.8 Å². The highest BCUT2D eigenvalue weighted by Gasteiger charge is 2.58. The zero-order valence-corrected chi connectivity index (χ0v) is 16.8. The lowest BCUT2D eigenvalue weighted by Crippen LogP contribution is -2.61. The van der Waals surface area contributed by atoms with Gasteiger partial charge in [-0.25, -0.2) is 17.7 Å². The molecule has 0 saturated heterocycles. The van der Waals surface area contributed by atoms with Crippen LogP contribution >= 0.6 is 0 Å². The fraction of sp³-hybridized carbons (Fsp3) is 0.611. The van der Waals surface area contributed by atoms with Crippen molar-refractivity contribution in [3.05, 3.63) is 39.4 Å². The molecule has 1 aromatic rings. The average molecular weight is 415 g/mol. The minimum Gasteiger partial charge on any atom is -0.360 e. The van der Waals surface area contributed by atoms with Gasteiger partial charge in [0.25, 0.3) is 11.6 Å². The number of ether oxygens (including phenoxy) is 1. The van der Waals surface area contributed by atoms with Crippen LogP contribution in [0.5, 0.6) is 0 Å². The second-order valence-corrected chi connectivity index (χ2v) is 9.66. The van der Waals surface area contributed by atoms with E-state index in [0.29, 0.717) is 18.4 Å². The molecular formula is C18H23F2N3O4S. The molecule has 0 saturated carbocycles. The quantitative estimate of drug-likeness (QED) is 0.418. The topological polar surface area (TPSA) is 105 Å². The molecule has 0 amide bonds. The largest absolute Gasteiger partial charge is 0.360 e. The first-order valence-electron chi connectivity index (χ1n) is 8.74. The van der Waals surface area contributed by atoms with Gasteiger partial charge in [-0.2, -0.15) is 5.26 Å². The van der Waals surface area contributed by atoms with Crippen LogP contribution < -0.4 is 4.72 Å². The summed E-state index contributed by atoms with van der Waals surface area (Å²) in [7, 11) is -1.87. The highest BCUT2D eigenvalue weighted by molar-refractivity contribution is 7.84. The number of hydrogen-bond acceptors (Lipinski definition) is 5. The molecule has 0 bridgehead atoms. The number of nitriles is 1. The molecule has 1 aromatic carbocycles. The summed E-state index contributed by atoms with van der Waals surface area (Å²) >= 11 is 0. The molecule has 154 valence electrons. The van der Waals surface area contributed by atoms with Gasteiger partial charge in [0.2, 0.25) is 0 Å². The van der Waals surface area contributed by atoms with E-state index in [9.17, 15) is 14.3 Å². The molecule has 7 nitrogen and oxygen atoms in total. The van der Waals surface area contributed by atoms with Gasteiger partial charge in [-0.15, -0.1) is 0 Å². The van der Waals surface area contributed by atoms with Crippen LogP contribution in [0.1, 0.15) is 44.7 Å². The Hall–Kier alpha value is -1.96. The van der Waals surface area contributed by atoms with E-state index in [0.717, 1.165) is 6.07 Å². The number of aryl methyl sites for hydroxylation is 1. The molecule has 2 atom stereocenters. The van der Waals surface area contributed by atoms with Crippen LogP contribution in [-0.4, -0.2) is 33.0 Å². The number of alkyl halides is 2. The number of nitro groups is 1. The van der Waals surface area contributed by atoms with Gasteiger partial charge in [0.05, 0.1) is 26.7 Å². The maximum Gasteiger partial charge on any atom is 0.293 e. The normalized spacial score (nSPS) is 20.9. The molecular weight excluding hydrogens is 392 g/mol. The maximum absolute atomic E-state index is 15.4. The van der Waals surface area contributed by atoms with Gasteiger partial charge in [-0.1, -0.05) is 6.07 Å². The number of halogens is 2. The first kappa shape index (κ1) is 22.3. The predicted molar refractivity (Wildman–Crippen MR) is 100 cm³/mol. The molecule has 2 rings (SSSR count). The Balaban J connectivity index is 2.63. The summed E-state index contributed by atoms with van der Waals surface area (Å²) in [6.45, 7) is 3.34. The molecule has 0 fully saturated rings. The third kappa shape index (κ3) is 4.37. The van der Waals surface area contributed by atoms with Crippen molar-refractivity contribution >= 4 is 16.7 Å². The van der Waals surface area contributed by atoms with E-state index in [2.05, 4.69) is 4.72 Å². The second kappa shape index (κ2) is 8.19. The van der Waals surface area contributed by atoms with Gasteiger partial charge >= 0.3 is 0 Å². The monoisotopic (exact) mass is 415 g/mol. The van der Waals surface area contributed by atoms with Crippen LogP contribution in [0.15, 0.2) is 18.2 Å². The third-order valence-electron chi connectivity index (χ3n) is 4.66. The van der Waals surface area contributed by atoms with Crippen molar-refractivity contribution in [1.29, 1.82) is 5.26 Å². The Bertz CT molecular complexity index is 820. The van der Waals surface area contributed by atoms with E-state index in [1.165, 1.54) is 12.1 Å². The Kier molecular flexibility index (Phi) is 6.53. The first-order chi connectivity index (χ1) is 12.9. The number of benzene rings is 1. The summed E-state index contributed by atoms with van der Waals surface area (Å²) in [4.78, 5) is 10.6. The standard InChI is InChI=1S/C18H23F2N3O4S/c1-16(2,3)28(26)22-17(18(19,20)12-27-10-9-21)8-4-5-13-6-7-14(23(24)25)11-15(13)17/h6-7,11,22H,4-5,8,10,12H2,1-3H3/t17-,28-/m1/s1. The third-order valence-corrected chi connectivity index (χ3v) is 6.31. The maximum atomic E-state index is 15.4. The number of nitrogens with one attached hydrogen (secondary N) is 1. The zero-order chi connectivity index (χ0) is 21.2. The van der Waals surface area contributed by atoms with E-state index >= 15 is 8.78 Å². The van der Waals surface area contributed by atoms with Gasteiger partial charge < -0.3 is 4.74 Å². The van der Waals surface area contributed by atoms with Crippen molar-refractivity contribution in [3.8, 4) is 6.07 Å². The van der Waals surface area contributed by atoms with Crippen LogP contribution in [0.25, 0.3) is 0 Å². The minimum atomic E-state index is -3.56. The number of non-ortho nitro benzene ring substituents is 1. The van der Waals surface area contributed by atoms with Crippen molar-refractivity contribution in [2.45, 2.75) is 56.2 Å². The summed E-state index contributed by atoms with van der Waals surface area (Å²) in [5, 5.41) is 19.8. The van der Waals surface area contributed by atoms with E-state index in [1.54, 1.807) is 26.8 Å². The molecule has 0 aromatic heterocycles. The Morgan fingerprint density at radius 2 is 2.11 bits per heavy atom.